The van der Waals surface area contributed by atoms with Crippen LogP contribution in [-0.4, -0.2) is 35.2 Å². The fraction of sp³-hybridized carbons (Fsp3) is 0.444. The fourth-order valence-corrected chi connectivity index (χ4v) is 3.63. The monoisotopic (exact) mass is 332 g/mol. The lowest BCUT2D eigenvalue weighted by molar-refractivity contribution is -0.123. The molecule has 0 spiro atoms. The van der Waals surface area contributed by atoms with Gasteiger partial charge in [-0.3, -0.25) is 14.7 Å². The summed E-state index contributed by atoms with van der Waals surface area (Å²) in [4.78, 5) is 19.8. The van der Waals surface area contributed by atoms with Gasteiger partial charge in [0.2, 0.25) is 0 Å². The first-order chi connectivity index (χ1) is 10.8. The summed E-state index contributed by atoms with van der Waals surface area (Å²) in [5, 5.41) is 0.788. The lowest BCUT2D eigenvalue weighted by Crippen LogP contribution is -2.35. The van der Waals surface area contributed by atoms with E-state index in [4.69, 9.17) is 4.74 Å². The minimum atomic E-state index is 0.0258. The number of benzene rings is 1. The number of amidine groups is 1. The Labute approximate surface area is 142 Å². The molecule has 1 aliphatic heterocycles. The molecule has 1 aliphatic rings. The van der Waals surface area contributed by atoms with E-state index in [1.165, 1.54) is 11.8 Å². The number of aryl methyl sites for hydroxylation is 1. The van der Waals surface area contributed by atoms with E-state index < -0.39 is 0 Å². The van der Waals surface area contributed by atoms with Gasteiger partial charge in [0.25, 0.3) is 5.91 Å². The SMILES string of the molecule is COc1ccc(C=C2SC(=NC(C)C)N(C(C)C)C2=O)cc1C. The van der Waals surface area contributed by atoms with Crippen molar-refractivity contribution in [3.8, 4) is 5.75 Å². The van der Waals surface area contributed by atoms with Gasteiger partial charge in [-0.2, -0.15) is 0 Å². The highest BCUT2D eigenvalue weighted by atomic mass is 32.2. The van der Waals surface area contributed by atoms with E-state index in [-0.39, 0.29) is 18.0 Å². The van der Waals surface area contributed by atoms with E-state index in [1.54, 1.807) is 12.0 Å². The van der Waals surface area contributed by atoms with Gasteiger partial charge in [-0.15, -0.1) is 0 Å². The summed E-state index contributed by atoms with van der Waals surface area (Å²) >= 11 is 1.45. The normalized spacial score (nSPS) is 18.8. The summed E-state index contributed by atoms with van der Waals surface area (Å²) in [7, 11) is 1.66. The molecule has 0 aliphatic carbocycles. The van der Waals surface area contributed by atoms with Gasteiger partial charge in [-0.25, -0.2) is 0 Å². The highest BCUT2D eigenvalue weighted by Gasteiger charge is 2.35. The first-order valence-electron chi connectivity index (χ1n) is 7.79. The number of hydrogen-bond donors (Lipinski definition) is 0. The number of carbonyl (C=O) groups excluding carboxylic acids is 1. The standard InChI is InChI=1S/C18H24N2O2S/c1-11(2)19-18-20(12(3)4)17(21)16(23-18)10-14-7-8-15(22-6)13(5)9-14/h7-12H,1-6H3. The third-order valence-electron chi connectivity index (χ3n) is 3.44. The Bertz CT molecular complexity index is 663. The molecule has 0 N–H and O–H groups in total. The second-order valence-electron chi connectivity index (χ2n) is 6.11. The quantitative estimate of drug-likeness (QED) is 0.780. The van der Waals surface area contributed by atoms with Gasteiger partial charge in [0.15, 0.2) is 5.17 Å². The summed E-state index contributed by atoms with van der Waals surface area (Å²) in [6.07, 6.45) is 1.93. The highest BCUT2D eigenvalue weighted by Crippen LogP contribution is 2.34. The molecule has 0 radical (unpaired) electrons. The molecule has 1 fully saturated rings. The Hall–Kier alpha value is -1.75. The summed E-state index contributed by atoms with van der Waals surface area (Å²) < 4.78 is 5.28. The lowest BCUT2D eigenvalue weighted by atomic mass is 10.1. The van der Waals surface area contributed by atoms with Crippen LogP contribution >= 0.6 is 11.8 Å². The maximum atomic E-state index is 12.7. The maximum absolute atomic E-state index is 12.7. The Kier molecular flexibility index (Phi) is 5.52. The van der Waals surface area contributed by atoms with Crippen LogP contribution in [0.5, 0.6) is 5.75 Å². The highest BCUT2D eigenvalue weighted by molar-refractivity contribution is 8.18. The number of carbonyl (C=O) groups is 1. The number of rotatable bonds is 4. The molecule has 5 heteroatoms. The Morgan fingerprint density at radius 2 is 1.96 bits per heavy atom. The molecule has 0 unspecified atom stereocenters. The molecule has 1 heterocycles. The van der Waals surface area contributed by atoms with Crippen molar-refractivity contribution in [1.82, 2.24) is 4.90 Å². The number of hydrogen-bond acceptors (Lipinski definition) is 4. The molecule has 23 heavy (non-hydrogen) atoms. The summed E-state index contributed by atoms with van der Waals surface area (Å²) in [6.45, 7) is 10.1. The average Bonchev–Trinajstić information content (AvgIpc) is 2.74. The number of ether oxygens (including phenoxy) is 1. The van der Waals surface area contributed by atoms with Gasteiger partial charge in [0, 0.05) is 12.1 Å². The number of aliphatic imine (C=N–C) groups is 1. The van der Waals surface area contributed by atoms with Crippen LogP contribution in [-0.2, 0) is 4.79 Å². The second-order valence-corrected chi connectivity index (χ2v) is 7.12. The van der Waals surface area contributed by atoms with Crippen molar-refractivity contribution >= 4 is 28.9 Å². The zero-order chi connectivity index (χ0) is 17.1. The van der Waals surface area contributed by atoms with Gasteiger partial charge in [-0.05, 0) is 75.7 Å². The van der Waals surface area contributed by atoms with Gasteiger partial charge in [-0.1, -0.05) is 6.07 Å². The van der Waals surface area contributed by atoms with E-state index in [9.17, 15) is 4.79 Å². The van der Waals surface area contributed by atoms with Crippen molar-refractivity contribution in [2.45, 2.75) is 46.7 Å². The molecular weight excluding hydrogens is 308 g/mol. The molecule has 1 saturated heterocycles. The molecule has 1 aromatic carbocycles. The first-order valence-corrected chi connectivity index (χ1v) is 8.60. The topological polar surface area (TPSA) is 41.9 Å². The Morgan fingerprint density at radius 1 is 1.26 bits per heavy atom. The zero-order valence-electron chi connectivity index (χ0n) is 14.6. The minimum absolute atomic E-state index is 0.0258. The van der Waals surface area contributed by atoms with Gasteiger partial charge in [0.05, 0.1) is 12.0 Å². The van der Waals surface area contributed by atoms with Crippen LogP contribution in [0.3, 0.4) is 0 Å². The minimum Gasteiger partial charge on any atom is -0.496 e. The second kappa shape index (κ2) is 7.21. The summed E-state index contributed by atoms with van der Waals surface area (Å²) in [5.41, 5.74) is 2.04. The average molecular weight is 332 g/mol. The number of methoxy groups -OCH3 is 1. The molecule has 0 atom stereocenters. The summed E-state index contributed by atoms with van der Waals surface area (Å²) in [6, 6.07) is 6.17. The van der Waals surface area contributed by atoms with Crippen LogP contribution in [0, 0.1) is 6.92 Å². The molecule has 1 aromatic rings. The maximum Gasteiger partial charge on any atom is 0.266 e. The van der Waals surface area contributed by atoms with Crippen molar-refractivity contribution in [3.05, 3.63) is 34.2 Å². The summed E-state index contributed by atoms with van der Waals surface area (Å²) in [5.74, 6) is 0.876. The predicted molar refractivity (Wildman–Crippen MR) is 97.9 cm³/mol. The van der Waals surface area contributed by atoms with Gasteiger partial charge in [0.1, 0.15) is 5.75 Å². The van der Waals surface area contributed by atoms with Crippen molar-refractivity contribution in [2.24, 2.45) is 4.99 Å². The molecule has 124 valence electrons. The fourth-order valence-electron chi connectivity index (χ4n) is 2.40. The van der Waals surface area contributed by atoms with Crippen LogP contribution in [0.4, 0.5) is 0 Å². The van der Waals surface area contributed by atoms with Gasteiger partial charge >= 0.3 is 0 Å². The molecule has 2 rings (SSSR count). The molecule has 0 saturated carbocycles. The smallest absolute Gasteiger partial charge is 0.266 e. The molecule has 0 bridgehead atoms. The van der Waals surface area contributed by atoms with Crippen molar-refractivity contribution in [1.29, 1.82) is 0 Å². The lowest BCUT2D eigenvalue weighted by Gasteiger charge is -2.20. The van der Waals surface area contributed by atoms with E-state index >= 15 is 0 Å². The van der Waals surface area contributed by atoms with Crippen molar-refractivity contribution in [3.63, 3.8) is 0 Å². The number of nitrogens with zero attached hydrogens (tertiary/aromatic N) is 2. The van der Waals surface area contributed by atoms with Crippen molar-refractivity contribution in [2.75, 3.05) is 7.11 Å². The first kappa shape index (κ1) is 17.6. The molecular formula is C18H24N2O2S. The van der Waals surface area contributed by atoms with E-state index in [1.807, 2.05) is 58.9 Å². The van der Waals surface area contributed by atoms with E-state index in [2.05, 4.69) is 4.99 Å². The van der Waals surface area contributed by atoms with E-state index in [0.29, 0.717) is 4.91 Å². The zero-order valence-corrected chi connectivity index (χ0v) is 15.4. The Morgan fingerprint density at radius 3 is 2.48 bits per heavy atom. The predicted octanol–water partition coefficient (Wildman–Crippen LogP) is 4.09. The Balaban J connectivity index is 2.36. The van der Waals surface area contributed by atoms with Crippen molar-refractivity contribution < 1.29 is 9.53 Å². The molecule has 0 aromatic heterocycles. The van der Waals surface area contributed by atoms with Gasteiger partial charge < -0.3 is 4.74 Å². The molecule has 4 nitrogen and oxygen atoms in total. The number of amides is 1. The van der Waals surface area contributed by atoms with E-state index in [0.717, 1.165) is 22.0 Å². The number of thioether (sulfide) groups is 1. The molecule has 1 amide bonds. The van der Waals surface area contributed by atoms with Crippen LogP contribution in [0.25, 0.3) is 6.08 Å². The third kappa shape index (κ3) is 3.96. The van der Waals surface area contributed by atoms with Crippen LogP contribution in [0.15, 0.2) is 28.1 Å². The van der Waals surface area contributed by atoms with Crippen LogP contribution in [0.1, 0.15) is 38.8 Å². The van der Waals surface area contributed by atoms with Crippen LogP contribution in [0.2, 0.25) is 0 Å². The third-order valence-corrected chi connectivity index (χ3v) is 4.44. The van der Waals surface area contributed by atoms with Crippen LogP contribution < -0.4 is 4.74 Å². The largest absolute Gasteiger partial charge is 0.496 e.